The van der Waals surface area contributed by atoms with Crippen LogP contribution >= 0.6 is 0 Å². The predicted molar refractivity (Wildman–Crippen MR) is 614 cm³/mol. The molecule has 0 spiro atoms. The molecule has 702 valence electrons. The van der Waals surface area contributed by atoms with E-state index in [1.54, 1.807) is 37.2 Å². The molecule has 10 heterocycles. The van der Waals surface area contributed by atoms with Crippen LogP contribution in [0.3, 0.4) is 0 Å². The van der Waals surface area contributed by atoms with Gasteiger partial charge in [0.05, 0.1) is 67.8 Å². The summed E-state index contributed by atoms with van der Waals surface area (Å²) in [5, 5.41) is 10.7. The fourth-order valence-electron chi connectivity index (χ4n) is 19.8. The lowest BCUT2D eigenvalue weighted by Gasteiger charge is -2.14. The van der Waals surface area contributed by atoms with Gasteiger partial charge in [0, 0.05) is 132 Å². The van der Waals surface area contributed by atoms with Crippen molar-refractivity contribution < 1.29 is 0 Å². The second-order valence-corrected chi connectivity index (χ2v) is 36.8. The van der Waals surface area contributed by atoms with E-state index < -0.39 is 0 Å². The molecule has 10 aromatic heterocycles. The zero-order valence-corrected chi connectivity index (χ0v) is 81.2. The zero-order valence-electron chi connectivity index (χ0n) is 81.2. The number of nitrogens with zero attached hydrogens (tertiary/aromatic N) is 13. The van der Waals surface area contributed by atoms with Crippen molar-refractivity contribution in [1.29, 1.82) is 0 Å². The van der Waals surface area contributed by atoms with E-state index in [4.69, 9.17) is 44.9 Å². The lowest BCUT2D eigenvalue weighted by molar-refractivity contribution is 1.17. The van der Waals surface area contributed by atoms with Gasteiger partial charge in [-0.3, -0.25) is 19.9 Å². The summed E-state index contributed by atoms with van der Waals surface area (Å²) < 4.78 is 0. The highest BCUT2D eigenvalue weighted by molar-refractivity contribution is 6.17. The average Bonchev–Trinajstić information content (AvgIpc) is 0.754. The minimum Gasteiger partial charge on any atom is -0.265 e. The molecule has 0 bridgehead atoms. The fourth-order valence-corrected chi connectivity index (χ4v) is 19.8. The van der Waals surface area contributed by atoms with Crippen molar-refractivity contribution in [2.24, 2.45) is 0 Å². The Bertz CT molecular complexity index is 8520. The number of fused-ring (bicyclic) bond motifs is 9. The van der Waals surface area contributed by atoms with Gasteiger partial charge in [0.1, 0.15) is 0 Å². The SMILES string of the molecule is c1ccc(-c2cc(-c3ccc(-c4ccc(-c5cc(-c6ccccc6)nc6ccc7ccccc7c56)cc4)cc3)nc(-c3ccccc3)n2)cc1.c1ccc(-c2cc(-c3ccc(-c4ccc(-c5nc(-c6cccnc6)cc(-c6cccnc6)n5)cc4)cc3)c3c(ccc4ccccc43)n2)cc1.c1ccc(-c2cc(-c3ccc(-c4ccc(-c5nc(-c6ccncc6)cc(-c6ccncc6)n5)cc4)cc3)c3c(ccc4ccccc43)n2)cc1. The normalized spacial score (nSPS) is 11.2. The van der Waals surface area contributed by atoms with Crippen LogP contribution in [0.2, 0.25) is 0 Å². The molecule has 0 radical (unpaired) electrons. The minimum absolute atomic E-state index is 0.651. The van der Waals surface area contributed by atoms with Crippen molar-refractivity contribution >= 4 is 65.0 Å². The summed E-state index contributed by atoms with van der Waals surface area (Å²) >= 11 is 0. The van der Waals surface area contributed by atoms with E-state index in [0.717, 1.165) is 185 Å². The molecule has 0 saturated carbocycles. The monoisotopic (exact) mass is 1920 g/mol. The first-order chi connectivity index (χ1) is 74.3. The van der Waals surface area contributed by atoms with Gasteiger partial charge in [-0.15, -0.1) is 0 Å². The zero-order chi connectivity index (χ0) is 99.8. The molecule has 13 heteroatoms. The maximum absolute atomic E-state index is 5.12. The predicted octanol–water partition coefficient (Wildman–Crippen LogP) is 34.1. The lowest BCUT2D eigenvalue weighted by Crippen LogP contribution is -1.96. The Morgan fingerprint density at radius 3 is 0.600 bits per heavy atom. The molecule has 0 saturated heterocycles. The van der Waals surface area contributed by atoms with Crippen molar-refractivity contribution in [3.63, 3.8) is 0 Å². The first-order valence-electron chi connectivity index (χ1n) is 50.0. The van der Waals surface area contributed by atoms with Gasteiger partial charge in [-0.25, -0.2) is 44.9 Å². The third-order valence-electron chi connectivity index (χ3n) is 27.5. The number of rotatable bonds is 18. The summed E-state index contributed by atoms with van der Waals surface area (Å²) in [5.41, 5.74) is 36.9. The Morgan fingerprint density at radius 2 is 0.327 bits per heavy atom. The molecule has 0 fully saturated rings. The molecule has 13 nitrogen and oxygen atoms in total. The summed E-state index contributed by atoms with van der Waals surface area (Å²) in [5.74, 6) is 2.03. The highest BCUT2D eigenvalue weighted by Crippen LogP contribution is 2.45. The van der Waals surface area contributed by atoms with Gasteiger partial charge in [0.15, 0.2) is 17.5 Å². The minimum atomic E-state index is 0.651. The molecule has 150 heavy (non-hydrogen) atoms. The fraction of sp³-hybridized carbons (Fsp3) is 0. The molecule has 27 rings (SSSR count). The van der Waals surface area contributed by atoms with Crippen LogP contribution in [0.15, 0.2) is 541 Å². The molecule has 17 aromatic carbocycles. The van der Waals surface area contributed by atoms with E-state index in [1.807, 2.05) is 128 Å². The van der Waals surface area contributed by atoms with Crippen LogP contribution < -0.4 is 0 Å². The highest BCUT2D eigenvalue weighted by Gasteiger charge is 2.22. The smallest absolute Gasteiger partial charge is 0.160 e. The third kappa shape index (κ3) is 19.1. The lowest BCUT2D eigenvalue weighted by atomic mass is 9.93. The van der Waals surface area contributed by atoms with Gasteiger partial charge >= 0.3 is 0 Å². The molecule has 0 atom stereocenters. The van der Waals surface area contributed by atoms with E-state index >= 15 is 0 Å². The Morgan fingerprint density at radius 1 is 0.120 bits per heavy atom. The van der Waals surface area contributed by atoms with Crippen LogP contribution in [0.4, 0.5) is 0 Å². The van der Waals surface area contributed by atoms with Gasteiger partial charge in [-0.2, -0.15) is 0 Å². The third-order valence-corrected chi connectivity index (χ3v) is 27.5. The summed E-state index contributed by atoms with van der Waals surface area (Å²) in [7, 11) is 0. The van der Waals surface area contributed by atoms with E-state index in [0.29, 0.717) is 17.5 Å². The van der Waals surface area contributed by atoms with Gasteiger partial charge in [0.2, 0.25) is 0 Å². The standard InChI is InChI=1S/C47H31N3.2C45H29N5/c1-4-13-36(14-5-1)43-30-41(46-40-19-11-10-12-34(40)28-29-42(46)48-43)35-24-20-32(21-25-35)33-22-26-38(27-23-33)45-31-44(37-15-6-2-7-16-37)49-47(50-45)39-17-8-3-9-18-39;1-2-9-34(10-3-1)41-26-39(44-38-13-5-4-8-32(38)22-23-40(44)48-41)33-18-14-30(15-19-33)31-16-20-35(21-17-31)45-49-42(36-11-6-24-46-28-36)27-43(50-45)37-12-7-25-47-29-37;1-2-7-34(8-3-1)41-28-39(44-38-9-5-4-6-32(38)18-19-40(44)48-41)33-14-10-30(11-15-33)31-12-16-37(17-13-31)45-49-42(35-20-24-46-25-21-35)29-43(50-45)36-22-26-47-27-23-36/h1-31H;2*1-29H. The Labute approximate surface area is 867 Å². The number of hydrogen-bond donors (Lipinski definition) is 0. The van der Waals surface area contributed by atoms with E-state index in [-0.39, 0.29) is 0 Å². The Kier molecular flexibility index (Phi) is 24.9. The van der Waals surface area contributed by atoms with Crippen LogP contribution in [-0.2, 0) is 0 Å². The summed E-state index contributed by atoms with van der Waals surface area (Å²) in [6, 6.07) is 171. The number of hydrogen-bond acceptors (Lipinski definition) is 13. The first-order valence-corrected chi connectivity index (χ1v) is 50.0. The summed E-state index contributed by atoms with van der Waals surface area (Å²) in [6.07, 6.45) is 14.3. The molecule has 27 aromatic rings. The van der Waals surface area contributed by atoms with Crippen molar-refractivity contribution in [2.45, 2.75) is 0 Å². The Hall–Kier alpha value is -20.4. The van der Waals surface area contributed by atoms with Crippen molar-refractivity contribution in [2.75, 3.05) is 0 Å². The number of aromatic nitrogens is 13. The molecular formula is C137H89N13. The molecule has 0 aliphatic carbocycles. The van der Waals surface area contributed by atoms with Crippen LogP contribution in [0, 0.1) is 0 Å². The van der Waals surface area contributed by atoms with Gasteiger partial charge in [-0.1, -0.05) is 388 Å². The summed E-state index contributed by atoms with van der Waals surface area (Å²) in [6.45, 7) is 0. The van der Waals surface area contributed by atoms with Crippen molar-refractivity contribution in [1.82, 2.24) is 64.8 Å². The molecule has 0 N–H and O–H groups in total. The number of pyridine rings is 7. The second-order valence-electron chi connectivity index (χ2n) is 36.8. The Balaban J connectivity index is 0.000000116. The largest absolute Gasteiger partial charge is 0.265 e. The second kappa shape index (κ2) is 41.1. The molecule has 0 aliphatic rings. The maximum Gasteiger partial charge on any atom is 0.160 e. The van der Waals surface area contributed by atoms with Crippen molar-refractivity contribution in [3.8, 4) is 202 Å². The molecule has 0 unspecified atom stereocenters. The molecular weight excluding hydrogens is 1830 g/mol. The first kappa shape index (κ1) is 90.8. The van der Waals surface area contributed by atoms with E-state index in [2.05, 4.69) is 396 Å². The van der Waals surface area contributed by atoms with Gasteiger partial charge < -0.3 is 0 Å². The maximum atomic E-state index is 5.12. The molecule has 0 amide bonds. The van der Waals surface area contributed by atoms with E-state index in [1.165, 1.54) is 65.2 Å². The number of benzene rings is 17. The molecule has 0 aliphatic heterocycles. The van der Waals surface area contributed by atoms with Crippen LogP contribution in [0.25, 0.3) is 267 Å². The van der Waals surface area contributed by atoms with Crippen molar-refractivity contribution in [3.05, 3.63) is 541 Å². The van der Waals surface area contributed by atoms with Gasteiger partial charge in [-0.05, 0) is 202 Å². The quantitative estimate of drug-likeness (QED) is 0.0745. The highest BCUT2D eigenvalue weighted by atomic mass is 14.9. The van der Waals surface area contributed by atoms with Crippen LogP contribution in [-0.4, -0.2) is 64.8 Å². The van der Waals surface area contributed by atoms with Crippen LogP contribution in [0.1, 0.15) is 0 Å². The van der Waals surface area contributed by atoms with E-state index in [9.17, 15) is 0 Å². The average molecular weight is 1920 g/mol. The summed E-state index contributed by atoms with van der Waals surface area (Å²) in [4.78, 5) is 62.1. The van der Waals surface area contributed by atoms with Crippen LogP contribution in [0.5, 0.6) is 0 Å². The van der Waals surface area contributed by atoms with Gasteiger partial charge in [0.25, 0.3) is 0 Å². The topological polar surface area (TPSA) is 168 Å².